The van der Waals surface area contributed by atoms with Crippen molar-refractivity contribution in [2.45, 2.75) is 30.8 Å². The Kier molecular flexibility index (Phi) is 4.54. The van der Waals surface area contributed by atoms with Gasteiger partial charge in [0.2, 0.25) is 0 Å². The molecule has 0 amide bonds. The van der Waals surface area contributed by atoms with E-state index >= 15 is 0 Å². The van der Waals surface area contributed by atoms with Gasteiger partial charge < -0.3 is 4.57 Å². The van der Waals surface area contributed by atoms with E-state index in [1.54, 1.807) is 13.1 Å². The van der Waals surface area contributed by atoms with Gasteiger partial charge in [0, 0.05) is 18.9 Å². The lowest BCUT2D eigenvalue weighted by Gasteiger charge is -2.11. The minimum Gasteiger partial charge on any atom is -0.326 e. The first-order valence-corrected chi connectivity index (χ1v) is 7.08. The molecule has 3 nitrogen and oxygen atoms in total. The lowest BCUT2D eigenvalue weighted by Crippen LogP contribution is -2.16. The highest BCUT2D eigenvalue weighted by atomic mass is 32.2. The van der Waals surface area contributed by atoms with Crippen LogP contribution in [0.25, 0.3) is 0 Å². The Hall–Kier alpha value is -1.69. The molecule has 6 heteroatoms. The van der Waals surface area contributed by atoms with Crippen molar-refractivity contribution in [1.82, 2.24) is 9.55 Å². The van der Waals surface area contributed by atoms with Gasteiger partial charge in [0.1, 0.15) is 11.6 Å². The van der Waals surface area contributed by atoms with Gasteiger partial charge in [-0.05, 0) is 32.0 Å². The lowest BCUT2D eigenvalue weighted by atomic mass is 10.1. The van der Waals surface area contributed by atoms with Gasteiger partial charge >= 0.3 is 0 Å². The normalized spacial score (nSPS) is 12.4. The first kappa shape index (κ1) is 14.7. The zero-order valence-electron chi connectivity index (χ0n) is 11.1. The van der Waals surface area contributed by atoms with Crippen molar-refractivity contribution in [2.75, 3.05) is 0 Å². The van der Waals surface area contributed by atoms with Crippen LogP contribution in [-0.2, 0) is 6.54 Å². The molecule has 20 heavy (non-hydrogen) atoms. The van der Waals surface area contributed by atoms with Crippen LogP contribution in [0.15, 0.2) is 35.7 Å². The summed E-state index contributed by atoms with van der Waals surface area (Å²) >= 11 is 1.23. The Morgan fingerprint density at radius 3 is 2.90 bits per heavy atom. The van der Waals surface area contributed by atoms with Gasteiger partial charge in [0.05, 0.1) is 10.8 Å². The summed E-state index contributed by atoms with van der Waals surface area (Å²) in [4.78, 5) is 16.3. The third-order valence-electron chi connectivity index (χ3n) is 2.86. The summed E-state index contributed by atoms with van der Waals surface area (Å²) in [7, 11) is 0. The van der Waals surface area contributed by atoms with E-state index in [1.165, 1.54) is 11.8 Å². The number of nitrogens with zero attached hydrogens (tertiary/aromatic N) is 2. The highest BCUT2D eigenvalue weighted by molar-refractivity contribution is 8.00. The van der Waals surface area contributed by atoms with Crippen molar-refractivity contribution in [3.8, 4) is 0 Å². The van der Waals surface area contributed by atoms with E-state index in [1.807, 2.05) is 17.7 Å². The van der Waals surface area contributed by atoms with E-state index in [9.17, 15) is 13.6 Å². The van der Waals surface area contributed by atoms with E-state index < -0.39 is 22.7 Å². The molecule has 0 aliphatic carbocycles. The minimum absolute atomic E-state index is 0.223. The summed E-state index contributed by atoms with van der Waals surface area (Å²) in [6, 6.07) is 2.89. The van der Waals surface area contributed by atoms with Crippen LogP contribution in [0.3, 0.4) is 0 Å². The van der Waals surface area contributed by atoms with Crippen molar-refractivity contribution >= 4 is 17.5 Å². The predicted octanol–water partition coefficient (Wildman–Crippen LogP) is 3.54. The second-order valence-electron chi connectivity index (χ2n) is 4.24. The molecule has 0 aliphatic rings. The van der Waals surface area contributed by atoms with Crippen molar-refractivity contribution < 1.29 is 13.6 Å². The standard InChI is InChI=1S/C14H14F2N2OS/c1-3-18-7-6-17-14(18)20-9(2)13(19)11-8-10(15)4-5-12(11)16/h4-9H,3H2,1-2H3/t9-/m0/s1. The average molecular weight is 296 g/mol. The number of hydrogen-bond donors (Lipinski definition) is 0. The smallest absolute Gasteiger partial charge is 0.179 e. The van der Waals surface area contributed by atoms with E-state index in [-0.39, 0.29) is 5.56 Å². The molecule has 106 valence electrons. The third kappa shape index (κ3) is 3.07. The lowest BCUT2D eigenvalue weighted by molar-refractivity contribution is 0.0989. The fourth-order valence-electron chi connectivity index (χ4n) is 1.77. The topological polar surface area (TPSA) is 34.9 Å². The second-order valence-corrected chi connectivity index (χ2v) is 5.55. The van der Waals surface area contributed by atoms with Crippen molar-refractivity contribution in [3.63, 3.8) is 0 Å². The maximum absolute atomic E-state index is 13.6. The first-order chi connectivity index (χ1) is 9.52. The number of carbonyl (C=O) groups is 1. The molecule has 0 N–H and O–H groups in total. The van der Waals surface area contributed by atoms with Crippen LogP contribution in [0.5, 0.6) is 0 Å². The van der Waals surface area contributed by atoms with Gasteiger partial charge in [-0.2, -0.15) is 0 Å². The van der Waals surface area contributed by atoms with E-state index in [0.717, 1.165) is 24.7 Å². The SMILES string of the molecule is CCn1ccnc1S[C@@H](C)C(=O)c1cc(F)ccc1F. The van der Waals surface area contributed by atoms with Crippen LogP contribution in [0.1, 0.15) is 24.2 Å². The largest absolute Gasteiger partial charge is 0.326 e. The fraction of sp³-hybridized carbons (Fsp3) is 0.286. The maximum atomic E-state index is 13.6. The molecule has 0 unspecified atom stereocenters. The quantitative estimate of drug-likeness (QED) is 0.625. The second kappa shape index (κ2) is 6.17. The Balaban J connectivity index is 2.18. The van der Waals surface area contributed by atoms with Crippen molar-refractivity contribution in [1.29, 1.82) is 0 Å². The van der Waals surface area contributed by atoms with Gasteiger partial charge in [-0.3, -0.25) is 4.79 Å². The highest BCUT2D eigenvalue weighted by Gasteiger charge is 2.22. The molecular weight excluding hydrogens is 282 g/mol. The number of thioether (sulfide) groups is 1. The minimum atomic E-state index is -0.706. The number of aromatic nitrogens is 2. The number of Topliss-reactive ketones (excluding diaryl/α,β-unsaturated/α-hetero) is 1. The van der Waals surface area contributed by atoms with Crippen LogP contribution in [-0.4, -0.2) is 20.6 Å². The zero-order valence-corrected chi connectivity index (χ0v) is 12.0. The van der Waals surface area contributed by atoms with Gasteiger partial charge in [0.15, 0.2) is 10.9 Å². The Bertz CT molecular complexity index is 627. The summed E-state index contributed by atoms with van der Waals surface area (Å²) in [5, 5.41) is 0.143. The zero-order chi connectivity index (χ0) is 14.7. The fourth-order valence-corrected chi connectivity index (χ4v) is 2.77. The number of rotatable bonds is 5. The summed E-state index contributed by atoms with van der Waals surface area (Å²) in [5.41, 5.74) is -0.223. The first-order valence-electron chi connectivity index (χ1n) is 6.20. The molecule has 0 saturated carbocycles. The Labute approximate surface area is 120 Å². The van der Waals surface area contributed by atoms with Crippen LogP contribution >= 0.6 is 11.8 Å². The van der Waals surface area contributed by atoms with Crippen LogP contribution < -0.4 is 0 Å². The molecule has 0 fully saturated rings. The molecule has 0 bridgehead atoms. The molecule has 1 aromatic carbocycles. The molecule has 0 aliphatic heterocycles. The number of benzene rings is 1. The summed E-state index contributed by atoms with van der Waals surface area (Å²) in [6.07, 6.45) is 3.45. The monoisotopic (exact) mass is 296 g/mol. The van der Waals surface area contributed by atoms with Gasteiger partial charge in [-0.1, -0.05) is 11.8 Å². The number of ketones is 1. The number of halogens is 2. The van der Waals surface area contributed by atoms with Crippen molar-refractivity contribution in [3.05, 3.63) is 47.8 Å². The summed E-state index contributed by atoms with van der Waals surface area (Å²) in [6.45, 7) is 4.36. The summed E-state index contributed by atoms with van der Waals surface area (Å²) in [5.74, 6) is -1.78. The predicted molar refractivity (Wildman–Crippen MR) is 73.9 cm³/mol. The summed E-state index contributed by atoms with van der Waals surface area (Å²) < 4.78 is 28.6. The van der Waals surface area contributed by atoms with Crippen LogP contribution in [0.2, 0.25) is 0 Å². The molecule has 0 radical (unpaired) electrons. The molecule has 1 heterocycles. The third-order valence-corrected chi connectivity index (χ3v) is 3.98. The van der Waals surface area contributed by atoms with E-state index in [4.69, 9.17) is 0 Å². The van der Waals surface area contributed by atoms with Crippen molar-refractivity contribution in [2.24, 2.45) is 0 Å². The number of imidazole rings is 1. The number of hydrogen-bond acceptors (Lipinski definition) is 3. The molecule has 2 aromatic rings. The van der Waals surface area contributed by atoms with Crippen LogP contribution in [0, 0.1) is 11.6 Å². The molecule has 1 aromatic heterocycles. The molecule has 2 rings (SSSR count). The average Bonchev–Trinajstić information content (AvgIpc) is 2.87. The Morgan fingerprint density at radius 2 is 2.20 bits per heavy atom. The highest BCUT2D eigenvalue weighted by Crippen LogP contribution is 2.25. The molecule has 1 atom stereocenters. The number of aryl methyl sites for hydroxylation is 1. The van der Waals surface area contributed by atoms with Gasteiger partial charge in [-0.25, -0.2) is 13.8 Å². The molecular formula is C14H14F2N2OS. The van der Waals surface area contributed by atoms with Crippen LogP contribution in [0.4, 0.5) is 8.78 Å². The van der Waals surface area contributed by atoms with E-state index in [0.29, 0.717) is 5.16 Å². The number of carbonyl (C=O) groups excluding carboxylic acids is 1. The van der Waals surface area contributed by atoms with Gasteiger partial charge in [-0.15, -0.1) is 0 Å². The maximum Gasteiger partial charge on any atom is 0.179 e. The molecule has 0 spiro atoms. The Morgan fingerprint density at radius 1 is 1.45 bits per heavy atom. The molecule has 0 saturated heterocycles. The van der Waals surface area contributed by atoms with E-state index in [2.05, 4.69) is 4.98 Å². The van der Waals surface area contributed by atoms with Gasteiger partial charge in [0.25, 0.3) is 0 Å².